The van der Waals surface area contributed by atoms with Crippen molar-refractivity contribution < 1.29 is 24.2 Å². The Morgan fingerprint density at radius 2 is 2.07 bits per heavy atom. The van der Waals surface area contributed by atoms with Crippen molar-refractivity contribution >= 4 is 17.8 Å². The zero-order chi connectivity index (χ0) is 19.6. The van der Waals surface area contributed by atoms with Gasteiger partial charge >= 0.3 is 17.8 Å². The van der Waals surface area contributed by atoms with Gasteiger partial charge in [0.2, 0.25) is 0 Å². The maximum absolute atomic E-state index is 12.4. The number of piperazine rings is 1. The topological polar surface area (TPSA) is 99.2 Å². The van der Waals surface area contributed by atoms with E-state index in [2.05, 4.69) is 5.32 Å². The second kappa shape index (κ2) is 7.56. The fourth-order valence-electron chi connectivity index (χ4n) is 3.73. The van der Waals surface area contributed by atoms with Crippen LogP contribution in [-0.4, -0.2) is 66.0 Å². The highest BCUT2D eigenvalue weighted by Crippen LogP contribution is 2.36. The molecule has 146 valence electrons. The summed E-state index contributed by atoms with van der Waals surface area (Å²) in [6, 6.07) is 4.84. The maximum Gasteiger partial charge on any atom is 0.324 e. The largest absolute Gasteiger partial charge is 0.497 e. The van der Waals surface area contributed by atoms with Gasteiger partial charge in [0.05, 0.1) is 13.7 Å². The Bertz CT molecular complexity index is 766. The number of aryl methyl sites for hydroxylation is 1. The third-order valence-electron chi connectivity index (χ3n) is 5.32. The second-order valence-corrected chi connectivity index (χ2v) is 6.91. The highest BCUT2D eigenvalue weighted by atomic mass is 16.5. The molecule has 8 nitrogen and oxygen atoms in total. The summed E-state index contributed by atoms with van der Waals surface area (Å²) in [6.07, 6.45) is 2.11. The number of imide groups is 1. The first kappa shape index (κ1) is 19.2. The van der Waals surface area contributed by atoms with E-state index in [9.17, 15) is 19.5 Å². The van der Waals surface area contributed by atoms with E-state index in [1.807, 2.05) is 12.1 Å². The number of benzene rings is 1. The van der Waals surface area contributed by atoms with Gasteiger partial charge in [0.15, 0.2) is 0 Å². The van der Waals surface area contributed by atoms with Crippen molar-refractivity contribution in [2.75, 3.05) is 33.3 Å². The lowest BCUT2D eigenvalue weighted by atomic mass is 9.79. The Labute approximate surface area is 158 Å². The molecule has 2 N–H and O–H groups in total. The summed E-state index contributed by atoms with van der Waals surface area (Å²) in [4.78, 5) is 38.8. The van der Waals surface area contributed by atoms with Crippen LogP contribution in [0.4, 0.5) is 4.79 Å². The SMILES string of the molecule is CCN1CCN(C(=O)NCC2(O)CCCc3cc(OC)ccc32)C(=O)C1=O. The maximum atomic E-state index is 12.4. The summed E-state index contributed by atoms with van der Waals surface area (Å²) in [6.45, 7) is 2.66. The number of methoxy groups -OCH3 is 1. The van der Waals surface area contributed by atoms with E-state index in [1.165, 1.54) is 4.90 Å². The van der Waals surface area contributed by atoms with Crippen LogP contribution < -0.4 is 10.1 Å². The zero-order valence-electron chi connectivity index (χ0n) is 15.7. The van der Waals surface area contributed by atoms with Gasteiger partial charge in [-0.15, -0.1) is 0 Å². The summed E-state index contributed by atoms with van der Waals surface area (Å²) in [5.74, 6) is -0.783. The van der Waals surface area contributed by atoms with Crippen molar-refractivity contribution in [3.05, 3.63) is 29.3 Å². The first-order valence-corrected chi connectivity index (χ1v) is 9.18. The normalized spacial score (nSPS) is 22.5. The van der Waals surface area contributed by atoms with Gasteiger partial charge < -0.3 is 20.1 Å². The molecule has 1 heterocycles. The molecule has 2 aliphatic rings. The summed E-state index contributed by atoms with van der Waals surface area (Å²) >= 11 is 0. The number of ether oxygens (including phenoxy) is 1. The minimum atomic E-state index is -1.21. The molecule has 1 fully saturated rings. The number of carbonyl (C=O) groups is 3. The summed E-state index contributed by atoms with van der Waals surface area (Å²) in [5, 5.41) is 13.7. The molecule has 0 aromatic heterocycles. The predicted octanol–water partition coefficient (Wildman–Crippen LogP) is 0.619. The molecule has 8 heteroatoms. The van der Waals surface area contributed by atoms with Gasteiger partial charge in [0, 0.05) is 19.6 Å². The molecule has 3 rings (SSSR count). The summed E-state index contributed by atoms with van der Waals surface area (Å²) in [5.41, 5.74) is 0.529. The Hall–Kier alpha value is -2.61. The molecule has 4 amide bonds. The Morgan fingerprint density at radius 1 is 1.30 bits per heavy atom. The lowest BCUT2D eigenvalue weighted by molar-refractivity contribution is -0.153. The molecule has 1 saturated heterocycles. The monoisotopic (exact) mass is 375 g/mol. The number of likely N-dealkylation sites (N-methyl/N-ethyl adjacent to an activating group) is 1. The molecule has 1 aliphatic carbocycles. The number of fused-ring (bicyclic) bond motifs is 1. The van der Waals surface area contributed by atoms with E-state index in [-0.39, 0.29) is 13.1 Å². The minimum Gasteiger partial charge on any atom is -0.497 e. The molecule has 0 bridgehead atoms. The number of aliphatic hydroxyl groups is 1. The first-order chi connectivity index (χ1) is 12.9. The third-order valence-corrected chi connectivity index (χ3v) is 5.32. The Balaban J connectivity index is 1.69. The van der Waals surface area contributed by atoms with Crippen LogP contribution in [0.5, 0.6) is 5.75 Å². The number of amides is 4. The molecule has 1 aromatic carbocycles. The van der Waals surface area contributed by atoms with Gasteiger partial charge in [-0.25, -0.2) is 4.79 Å². The third kappa shape index (κ3) is 3.62. The summed E-state index contributed by atoms with van der Waals surface area (Å²) < 4.78 is 5.23. The van der Waals surface area contributed by atoms with Crippen LogP contribution in [-0.2, 0) is 21.6 Å². The van der Waals surface area contributed by atoms with Crippen molar-refractivity contribution in [2.45, 2.75) is 31.8 Å². The molecule has 0 radical (unpaired) electrons. The average molecular weight is 375 g/mol. The van der Waals surface area contributed by atoms with Crippen LogP contribution in [0.15, 0.2) is 18.2 Å². The Kier molecular flexibility index (Phi) is 5.36. The highest BCUT2D eigenvalue weighted by molar-refractivity contribution is 6.38. The quantitative estimate of drug-likeness (QED) is 0.752. The lowest BCUT2D eigenvalue weighted by Crippen LogP contribution is -2.59. The highest BCUT2D eigenvalue weighted by Gasteiger charge is 2.38. The van der Waals surface area contributed by atoms with Crippen molar-refractivity contribution in [2.24, 2.45) is 0 Å². The van der Waals surface area contributed by atoms with E-state index in [1.54, 1.807) is 20.1 Å². The fraction of sp³-hybridized carbons (Fsp3) is 0.526. The molecule has 0 spiro atoms. The average Bonchev–Trinajstić information content (AvgIpc) is 2.68. The van der Waals surface area contributed by atoms with Crippen LogP contribution >= 0.6 is 0 Å². The number of carbonyl (C=O) groups excluding carboxylic acids is 3. The van der Waals surface area contributed by atoms with Crippen LogP contribution in [0.25, 0.3) is 0 Å². The van der Waals surface area contributed by atoms with E-state index in [0.29, 0.717) is 19.5 Å². The van der Waals surface area contributed by atoms with Gasteiger partial charge in [-0.05, 0) is 49.4 Å². The van der Waals surface area contributed by atoms with Crippen LogP contribution in [0.2, 0.25) is 0 Å². The van der Waals surface area contributed by atoms with E-state index >= 15 is 0 Å². The van der Waals surface area contributed by atoms with Crippen molar-refractivity contribution in [1.29, 1.82) is 0 Å². The molecule has 1 unspecified atom stereocenters. The Morgan fingerprint density at radius 3 is 2.78 bits per heavy atom. The number of urea groups is 1. The number of hydrogen-bond acceptors (Lipinski definition) is 5. The lowest BCUT2D eigenvalue weighted by Gasteiger charge is -2.36. The molecule has 0 saturated carbocycles. The molecule has 1 aromatic rings. The van der Waals surface area contributed by atoms with Crippen LogP contribution in [0, 0.1) is 0 Å². The van der Waals surface area contributed by atoms with Crippen LogP contribution in [0.1, 0.15) is 30.9 Å². The van der Waals surface area contributed by atoms with Gasteiger partial charge in [-0.3, -0.25) is 14.5 Å². The van der Waals surface area contributed by atoms with Crippen molar-refractivity contribution in [1.82, 2.24) is 15.1 Å². The number of nitrogens with one attached hydrogen (secondary N) is 1. The number of nitrogens with zero attached hydrogens (tertiary/aromatic N) is 2. The van der Waals surface area contributed by atoms with E-state index in [4.69, 9.17) is 4.74 Å². The predicted molar refractivity (Wildman–Crippen MR) is 97.2 cm³/mol. The van der Waals surface area contributed by atoms with E-state index in [0.717, 1.165) is 34.6 Å². The standard InChI is InChI=1S/C19H25N3O5/c1-3-21-9-10-22(17(24)16(21)23)18(25)20-12-19(26)8-4-5-13-11-14(27-2)6-7-15(13)19/h6-7,11,26H,3-5,8-10,12H2,1-2H3,(H,20,25). The zero-order valence-corrected chi connectivity index (χ0v) is 15.7. The smallest absolute Gasteiger partial charge is 0.324 e. The number of hydrogen-bond donors (Lipinski definition) is 2. The van der Waals surface area contributed by atoms with Gasteiger partial charge in [-0.1, -0.05) is 6.07 Å². The summed E-state index contributed by atoms with van der Waals surface area (Å²) in [7, 11) is 1.59. The van der Waals surface area contributed by atoms with Gasteiger partial charge in [-0.2, -0.15) is 0 Å². The minimum absolute atomic E-state index is 0.0272. The second-order valence-electron chi connectivity index (χ2n) is 6.91. The number of rotatable bonds is 4. The molecular weight excluding hydrogens is 350 g/mol. The molecule has 1 atom stereocenters. The van der Waals surface area contributed by atoms with Crippen molar-refractivity contribution in [3.63, 3.8) is 0 Å². The van der Waals surface area contributed by atoms with E-state index < -0.39 is 23.4 Å². The van der Waals surface area contributed by atoms with Crippen LogP contribution in [0.3, 0.4) is 0 Å². The molecule has 27 heavy (non-hydrogen) atoms. The molecule has 1 aliphatic heterocycles. The molecular formula is C19H25N3O5. The fourth-order valence-corrected chi connectivity index (χ4v) is 3.73. The first-order valence-electron chi connectivity index (χ1n) is 9.18. The van der Waals surface area contributed by atoms with Gasteiger partial charge in [0.1, 0.15) is 11.4 Å². The van der Waals surface area contributed by atoms with Gasteiger partial charge in [0.25, 0.3) is 0 Å². The van der Waals surface area contributed by atoms with Crippen molar-refractivity contribution in [3.8, 4) is 5.75 Å².